The summed E-state index contributed by atoms with van der Waals surface area (Å²) in [5.74, 6) is -1.06. The second-order valence-corrected chi connectivity index (χ2v) is 6.56. The monoisotopic (exact) mass is 422 g/mol. The van der Waals surface area contributed by atoms with Crippen molar-refractivity contribution >= 4 is 5.97 Å². The number of aliphatic hydroxyl groups is 1. The normalized spacial score (nSPS) is 14.9. The molecule has 172 valence electrons. The van der Waals surface area contributed by atoms with Crippen molar-refractivity contribution < 1.29 is 43.4 Å². The average molecular weight is 423 g/mol. The Morgan fingerprint density at radius 1 is 0.897 bits per heavy atom. The lowest BCUT2D eigenvalue weighted by Crippen LogP contribution is -2.32. The van der Waals surface area contributed by atoms with E-state index in [9.17, 15) is 9.90 Å². The maximum atomic E-state index is 10.9. The van der Waals surface area contributed by atoms with E-state index >= 15 is 0 Å². The van der Waals surface area contributed by atoms with Crippen LogP contribution in [0, 0.1) is 0 Å². The summed E-state index contributed by atoms with van der Waals surface area (Å²) in [7, 11) is 3.16. The van der Waals surface area contributed by atoms with Crippen LogP contribution in [0.15, 0.2) is 12.2 Å². The van der Waals surface area contributed by atoms with Crippen LogP contribution in [0.1, 0.15) is 39.0 Å². The van der Waals surface area contributed by atoms with Crippen molar-refractivity contribution in [3.63, 3.8) is 0 Å². The van der Waals surface area contributed by atoms with Crippen molar-refractivity contribution in [1.82, 2.24) is 0 Å². The summed E-state index contributed by atoms with van der Waals surface area (Å²) in [4.78, 5) is 10.9. The number of carboxylic acids is 1. The van der Waals surface area contributed by atoms with Crippen molar-refractivity contribution in [1.29, 1.82) is 0 Å². The maximum absolute atomic E-state index is 10.9. The van der Waals surface area contributed by atoms with E-state index in [0.29, 0.717) is 32.8 Å². The molecule has 9 heteroatoms. The fourth-order valence-corrected chi connectivity index (χ4v) is 2.43. The molecule has 0 rings (SSSR count). The number of aliphatic carboxylic acids is 1. The van der Waals surface area contributed by atoms with E-state index in [4.69, 9.17) is 33.5 Å². The SMILES string of the molecule is COCCOCO[C@@H](CCCCC[C@@H](C)O)[C@@H](/C=C/C(=O)O)OCOCCOC. The van der Waals surface area contributed by atoms with Crippen LogP contribution in [0.25, 0.3) is 0 Å². The minimum absolute atomic E-state index is 0.00952. The van der Waals surface area contributed by atoms with Gasteiger partial charge in [-0.25, -0.2) is 4.79 Å². The zero-order valence-electron chi connectivity index (χ0n) is 17.9. The highest BCUT2D eigenvalue weighted by molar-refractivity contribution is 5.79. The first kappa shape index (κ1) is 27.9. The lowest BCUT2D eigenvalue weighted by molar-refractivity contribution is -0.161. The molecule has 29 heavy (non-hydrogen) atoms. The fourth-order valence-electron chi connectivity index (χ4n) is 2.43. The van der Waals surface area contributed by atoms with Crippen molar-refractivity contribution in [3.8, 4) is 0 Å². The second-order valence-electron chi connectivity index (χ2n) is 6.56. The molecular formula is C20H38O9. The number of carbonyl (C=O) groups is 1. The van der Waals surface area contributed by atoms with Gasteiger partial charge >= 0.3 is 5.97 Å². The van der Waals surface area contributed by atoms with Gasteiger partial charge in [0.25, 0.3) is 0 Å². The van der Waals surface area contributed by atoms with E-state index < -0.39 is 18.2 Å². The van der Waals surface area contributed by atoms with Crippen LogP contribution in [-0.4, -0.2) is 88.7 Å². The summed E-state index contributed by atoms with van der Waals surface area (Å²) in [5, 5.41) is 18.3. The van der Waals surface area contributed by atoms with E-state index in [1.807, 2.05) is 0 Å². The number of carboxylic acid groups (broad SMARTS) is 1. The summed E-state index contributed by atoms with van der Waals surface area (Å²) in [5.41, 5.74) is 0. The van der Waals surface area contributed by atoms with Gasteiger partial charge < -0.3 is 38.6 Å². The van der Waals surface area contributed by atoms with Gasteiger partial charge in [0.05, 0.1) is 38.6 Å². The van der Waals surface area contributed by atoms with Crippen LogP contribution >= 0.6 is 0 Å². The number of hydrogen-bond donors (Lipinski definition) is 2. The molecule has 0 bridgehead atoms. The number of rotatable bonds is 21. The van der Waals surface area contributed by atoms with Crippen LogP contribution < -0.4 is 0 Å². The predicted octanol–water partition coefficient (Wildman–Crippen LogP) is 1.97. The van der Waals surface area contributed by atoms with E-state index in [1.165, 1.54) is 6.08 Å². The van der Waals surface area contributed by atoms with Gasteiger partial charge in [-0.15, -0.1) is 0 Å². The van der Waals surface area contributed by atoms with Crippen molar-refractivity contribution in [2.24, 2.45) is 0 Å². The summed E-state index contributed by atoms with van der Waals surface area (Å²) in [6.07, 6.45) is 5.27. The molecule has 0 unspecified atom stereocenters. The van der Waals surface area contributed by atoms with Gasteiger partial charge in [-0.1, -0.05) is 19.3 Å². The van der Waals surface area contributed by atoms with Gasteiger partial charge in [-0.3, -0.25) is 0 Å². The third-order valence-electron chi connectivity index (χ3n) is 3.98. The highest BCUT2D eigenvalue weighted by atomic mass is 16.7. The molecule has 0 radical (unpaired) electrons. The van der Waals surface area contributed by atoms with Gasteiger partial charge in [-0.2, -0.15) is 0 Å². The summed E-state index contributed by atoms with van der Waals surface area (Å²) in [6, 6.07) is 0. The second kappa shape index (κ2) is 20.2. The molecule has 0 aliphatic heterocycles. The Morgan fingerprint density at radius 3 is 2.03 bits per heavy atom. The Bertz CT molecular complexity index is 401. The largest absolute Gasteiger partial charge is 0.478 e. The van der Waals surface area contributed by atoms with Crippen molar-refractivity contribution in [3.05, 3.63) is 12.2 Å². The number of aliphatic hydroxyl groups excluding tert-OH is 1. The predicted molar refractivity (Wildman–Crippen MR) is 107 cm³/mol. The van der Waals surface area contributed by atoms with E-state index in [2.05, 4.69) is 0 Å². The Hall–Kier alpha value is -1.07. The Balaban J connectivity index is 4.71. The molecule has 3 atom stereocenters. The Labute approximate surface area is 173 Å². The molecule has 0 fully saturated rings. The smallest absolute Gasteiger partial charge is 0.328 e. The first-order chi connectivity index (χ1) is 14.0. The standard InChI is InChI=1S/C20H38O9/c1-17(21)7-5-4-6-8-18(28-15-26-13-11-24-2)19(9-10-20(22)23)29-16-27-14-12-25-3/h9-10,17-19,21H,4-8,11-16H2,1-3H3,(H,22,23)/b10-9+/t17-,18+,19-/m1/s1. The third-order valence-corrected chi connectivity index (χ3v) is 3.98. The highest BCUT2D eigenvalue weighted by Crippen LogP contribution is 2.16. The Morgan fingerprint density at radius 2 is 1.48 bits per heavy atom. The van der Waals surface area contributed by atoms with Gasteiger partial charge in [0.2, 0.25) is 0 Å². The number of methoxy groups -OCH3 is 2. The molecule has 0 aromatic carbocycles. The van der Waals surface area contributed by atoms with Crippen LogP contribution in [0.4, 0.5) is 0 Å². The van der Waals surface area contributed by atoms with Gasteiger partial charge in [0, 0.05) is 20.3 Å². The lowest BCUT2D eigenvalue weighted by atomic mass is 10.0. The fraction of sp³-hybridized carbons (Fsp3) is 0.850. The van der Waals surface area contributed by atoms with E-state index in [-0.39, 0.29) is 19.7 Å². The van der Waals surface area contributed by atoms with Crippen molar-refractivity contribution in [2.45, 2.75) is 57.3 Å². The van der Waals surface area contributed by atoms with Crippen LogP contribution in [0.5, 0.6) is 0 Å². The first-order valence-corrected chi connectivity index (χ1v) is 9.97. The van der Waals surface area contributed by atoms with Crippen LogP contribution in [0.2, 0.25) is 0 Å². The zero-order valence-corrected chi connectivity index (χ0v) is 17.9. The molecule has 0 amide bonds. The van der Waals surface area contributed by atoms with E-state index in [0.717, 1.165) is 31.8 Å². The molecular weight excluding hydrogens is 384 g/mol. The molecule has 0 aliphatic carbocycles. The lowest BCUT2D eigenvalue weighted by Gasteiger charge is -2.25. The average Bonchev–Trinajstić information content (AvgIpc) is 2.68. The molecule has 0 aliphatic rings. The summed E-state index contributed by atoms with van der Waals surface area (Å²) >= 11 is 0. The molecule has 0 aromatic heterocycles. The highest BCUT2D eigenvalue weighted by Gasteiger charge is 2.21. The maximum Gasteiger partial charge on any atom is 0.328 e. The number of hydrogen-bond acceptors (Lipinski definition) is 8. The van der Waals surface area contributed by atoms with Crippen LogP contribution in [0.3, 0.4) is 0 Å². The van der Waals surface area contributed by atoms with E-state index in [1.54, 1.807) is 21.1 Å². The van der Waals surface area contributed by atoms with Crippen molar-refractivity contribution in [2.75, 3.05) is 54.2 Å². The summed E-state index contributed by atoms with van der Waals surface area (Å²) in [6.45, 7) is 3.48. The molecule has 0 saturated heterocycles. The molecule has 0 aromatic rings. The van der Waals surface area contributed by atoms with Crippen LogP contribution in [-0.2, 0) is 33.2 Å². The Kier molecular flexibility index (Phi) is 19.5. The zero-order chi connectivity index (χ0) is 21.7. The number of ether oxygens (including phenoxy) is 6. The molecule has 9 nitrogen and oxygen atoms in total. The molecule has 2 N–H and O–H groups in total. The quantitative estimate of drug-likeness (QED) is 0.163. The number of unbranched alkanes of at least 4 members (excludes halogenated alkanes) is 2. The molecule has 0 spiro atoms. The molecule has 0 heterocycles. The van der Waals surface area contributed by atoms with Gasteiger partial charge in [0.1, 0.15) is 19.7 Å². The third kappa shape index (κ3) is 18.7. The van der Waals surface area contributed by atoms with Gasteiger partial charge in [-0.05, 0) is 25.8 Å². The molecule has 0 saturated carbocycles. The minimum Gasteiger partial charge on any atom is -0.478 e. The van der Waals surface area contributed by atoms with Gasteiger partial charge in [0.15, 0.2) is 0 Å². The summed E-state index contributed by atoms with van der Waals surface area (Å²) < 4.78 is 32.1. The topological polar surface area (TPSA) is 113 Å². The minimum atomic E-state index is -1.06. The first-order valence-electron chi connectivity index (χ1n) is 9.97.